The van der Waals surface area contributed by atoms with Crippen molar-refractivity contribution in [3.8, 4) is 11.5 Å². The van der Waals surface area contributed by atoms with Crippen molar-refractivity contribution in [1.29, 1.82) is 0 Å². The third-order valence-corrected chi connectivity index (χ3v) is 6.72. The Morgan fingerprint density at radius 3 is 2.66 bits per heavy atom. The minimum Gasteiger partial charge on any atom is -0.454 e. The summed E-state index contributed by atoms with van der Waals surface area (Å²) < 4.78 is 11.0. The maximum absolute atomic E-state index is 13.1. The molecule has 0 unspecified atom stereocenters. The van der Waals surface area contributed by atoms with Crippen LogP contribution in [0.2, 0.25) is 0 Å². The van der Waals surface area contributed by atoms with Gasteiger partial charge >= 0.3 is 0 Å². The van der Waals surface area contributed by atoms with Crippen molar-refractivity contribution in [2.24, 2.45) is 0 Å². The van der Waals surface area contributed by atoms with E-state index < -0.39 is 0 Å². The minimum atomic E-state index is -0.111. The molecule has 0 aliphatic carbocycles. The summed E-state index contributed by atoms with van der Waals surface area (Å²) in [6.45, 7) is 7.19. The van der Waals surface area contributed by atoms with Crippen LogP contribution in [0.1, 0.15) is 27.8 Å². The SMILES string of the molecule is Cc1cccc(NC(=S)N(Cc2ccc3c(c2)OCO3)Cc2cc3ccc(C)c(C)c3[nH]c2=O)c1. The molecule has 178 valence electrons. The van der Waals surface area contributed by atoms with Crippen LogP contribution in [0.5, 0.6) is 11.5 Å². The Hall–Kier alpha value is -3.84. The average Bonchev–Trinajstić information content (AvgIpc) is 3.30. The fourth-order valence-corrected chi connectivity index (χ4v) is 4.52. The van der Waals surface area contributed by atoms with E-state index in [1.54, 1.807) is 0 Å². The molecule has 7 heteroatoms. The molecule has 0 amide bonds. The summed E-state index contributed by atoms with van der Waals surface area (Å²) in [6, 6.07) is 20.0. The Morgan fingerprint density at radius 2 is 1.83 bits per heavy atom. The molecular formula is C28H27N3O3S. The Kier molecular flexibility index (Phi) is 6.17. The minimum absolute atomic E-state index is 0.111. The number of nitrogens with zero attached hydrogens (tertiary/aromatic N) is 1. The molecule has 4 aromatic rings. The van der Waals surface area contributed by atoms with E-state index in [-0.39, 0.29) is 12.4 Å². The molecule has 5 rings (SSSR count). The topological polar surface area (TPSA) is 66.6 Å². The van der Waals surface area contributed by atoms with Crippen molar-refractivity contribution in [3.63, 3.8) is 0 Å². The molecule has 0 bridgehead atoms. The van der Waals surface area contributed by atoms with E-state index in [0.29, 0.717) is 23.8 Å². The van der Waals surface area contributed by atoms with Crippen LogP contribution in [-0.4, -0.2) is 21.8 Å². The summed E-state index contributed by atoms with van der Waals surface area (Å²) in [6.07, 6.45) is 0. The second-order valence-electron chi connectivity index (χ2n) is 8.94. The normalized spacial score (nSPS) is 12.1. The van der Waals surface area contributed by atoms with E-state index >= 15 is 0 Å². The first-order valence-electron chi connectivity index (χ1n) is 11.5. The molecule has 0 radical (unpaired) electrons. The lowest BCUT2D eigenvalue weighted by Crippen LogP contribution is -2.35. The predicted octanol–water partition coefficient (Wildman–Crippen LogP) is 5.58. The molecule has 3 aromatic carbocycles. The average molecular weight is 486 g/mol. The number of aryl methyl sites for hydroxylation is 3. The van der Waals surface area contributed by atoms with E-state index in [1.165, 1.54) is 0 Å². The number of H-pyrrole nitrogens is 1. The van der Waals surface area contributed by atoms with Crippen LogP contribution in [0, 0.1) is 20.8 Å². The molecule has 0 saturated carbocycles. The molecule has 35 heavy (non-hydrogen) atoms. The third-order valence-electron chi connectivity index (χ3n) is 6.36. The number of aromatic amines is 1. The first-order chi connectivity index (χ1) is 16.9. The van der Waals surface area contributed by atoms with Gasteiger partial charge < -0.3 is 24.7 Å². The van der Waals surface area contributed by atoms with Gasteiger partial charge in [-0.15, -0.1) is 0 Å². The van der Waals surface area contributed by atoms with E-state index in [0.717, 1.165) is 50.3 Å². The van der Waals surface area contributed by atoms with Gasteiger partial charge in [-0.25, -0.2) is 0 Å². The predicted molar refractivity (Wildman–Crippen MR) is 143 cm³/mol. The Morgan fingerprint density at radius 1 is 1.00 bits per heavy atom. The van der Waals surface area contributed by atoms with Gasteiger partial charge in [0.25, 0.3) is 5.56 Å². The highest BCUT2D eigenvalue weighted by Gasteiger charge is 2.18. The van der Waals surface area contributed by atoms with Crippen LogP contribution < -0.4 is 20.3 Å². The van der Waals surface area contributed by atoms with Gasteiger partial charge in [-0.2, -0.15) is 0 Å². The van der Waals surface area contributed by atoms with Gasteiger partial charge in [0, 0.05) is 17.8 Å². The van der Waals surface area contributed by atoms with Gasteiger partial charge in [0.15, 0.2) is 16.6 Å². The van der Waals surface area contributed by atoms with Gasteiger partial charge in [0.1, 0.15) is 0 Å². The monoisotopic (exact) mass is 485 g/mol. The summed E-state index contributed by atoms with van der Waals surface area (Å²) in [5, 5.41) is 4.88. The summed E-state index contributed by atoms with van der Waals surface area (Å²) in [5.41, 5.74) is 6.69. The molecule has 1 aliphatic heterocycles. The first kappa shape index (κ1) is 22.9. The van der Waals surface area contributed by atoms with Crippen molar-refractivity contribution in [1.82, 2.24) is 9.88 Å². The molecule has 2 heterocycles. The molecular weight excluding hydrogens is 458 g/mol. The number of hydrogen-bond donors (Lipinski definition) is 2. The number of ether oxygens (including phenoxy) is 2. The fraction of sp³-hybridized carbons (Fsp3) is 0.214. The van der Waals surface area contributed by atoms with Crippen molar-refractivity contribution >= 4 is 33.9 Å². The lowest BCUT2D eigenvalue weighted by Gasteiger charge is -2.26. The van der Waals surface area contributed by atoms with Crippen LogP contribution in [0.4, 0.5) is 5.69 Å². The van der Waals surface area contributed by atoms with Crippen molar-refractivity contribution in [3.05, 3.63) is 98.8 Å². The van der Waals surface area contributed by atoms with Crippen molar-refractivity contribution < 1.29 is 9.47 Å². The van der Waals surface area contributed by atoms with Crippen molar-refractivity contribution in [2.75, 3.05) is 12.1 Å². The van der Waals surface area contributed by atoms with E-state index in [1.807, 2.05) is 80.3 Å². The van der Waals surface area contributed by atoms with Gasteiger partial charge in [0.05, 0.1) is 12.1 Å². The number of aromatic nitrogens is 1. The number of pyridine rings is 1. The number of rotatable bonds is 5. The summed E-state index contributed by atoms with van der Waals surface area (Å²) >= 11 is 5.82. The van der Waals surface area contributed by atoms with Crippen LogP contribution in [-0.2, 0) is 13.1 Å². The highest BCUT2D eigenvalue weighted by Crippen LogP contribution is 2.33. The van der Waals surface area contributed by atoms with Crippen LogP contribution in [0.25, 0.3) is 10.9 Å². The summed E-state index contributed by atoms with van der Waals surface area (Å²) in [5.74, 6) is 1.45. The number of anilines is 1. The zero-order chi connectivity index (χ0) is 24.5. The first-order valence-corrected chi connectivity index (χ1v) is 11.9. The lowest BCUT2D eigenvalue weighted by atomic mass is 10.0. The fourth-order valence-electron chi connectivity index (χ4n) is 4.28. The van der Waals surface area contributed by atoms with E-state index in [4.69, 9.17) is 21.7 Å². The second kappa shape index (κ2) is 9.43. The van der Waals surface area contributed by atoms with Crippen LogP contribution >= 0.6 is 12.2 Å². The smallest absolute Gasteiger partial charge is 0.253 e. The van der Waals surface area contributed by atoms with Crippen molar-refractivity contribution in [2.45, 2.75) is 33.9 Å². The highest BCUT2D eigenvalue weighted by molar-refractivity contribution is 7.80. The van der Waals surface area contributed by atoms with E-state index in [2.05, 4.69) is 16.4 Å². The molecule has 0 fully saturated rings. The largest absolute Gasteiger partial charge is 0.454 e. The van der Waals surface area contributed by atoms with Gasteiger partial charge in [-0.05, 0) is 91.0 Å². The van der Waals surface area contributed by atoms with E-state index in [9.17, 15) is 4.79 Å². The summed E-state index contributed by atoms with van der Waals surface area (Å²) in [4.78, 5) is 18.2. The molecule has 0 spiro atoms. The summed E-state index contributed by atoms with van der Waals surface area (Å²) in [7, 11) is 0. The third kappa shape index (κ3) is 4.86. The second-order valence-corrected chi connectivity index (χ2v) is 9.33. The van der Waals surface area contributed by atoms with Gasteiger partial charge in [-0.3, -0.25) is 4.79 Å². The lowest BCUT2D eigenvalue weighted by molar-refractivity contribution is 0.174. The maximum Gasteiger partial charge on any atom is 0.253 e. The van der Waals surface area contributed by atoms with Crippen LogP contribution in [0.15, 0.2) is 65.5 Å². The Bertz CT molecular complexity index is 1500. The molecule has 1 aliphatic rings. The highest BCUT2D eigenvalue weighted by atomic mass is 32.1. The number of hydrogen-bond acceptors (Lipinski definition) is 4. The van der Waals surface area contributed by atoms with Gasteiger partial charge in [-0.1, -0.05) is 30.3 Å². The quantitative estimate of drug-likeness (QED) is 0.360. The molecule has 6 nitrogen and oxygen atoms in total. The molecule has 0 atom stereocenters. The Labute approximate surface area is 209 Å². The molecule has 1 aromatic heterocycles. The number of nitrogens with one attached hydrogen (secondary N) is 2. The number of thiocarbonyl (C=S) groups is 1. The molecule has 2 N–H and O–H groups in total. The standard InChI is InChI=1S/C28H27N3O3S/c1-17-5-4-6-23(11-17)29-28(35)31(14-20-8-10-24-25(12-20)34-16-33-24)15-22-13-21-9-7-18(2)19(3)26(21)30-27(22)32/h4-13H,14-16H2,1-3H3,(H,29,35)(H,30,32). The van der Waals surface area contributed by atoms with Gasteiger partial charge in [0.2, 0.25) is 6.79 Å². The zero-order valence-electron chi connectivity index (χ0n) is 20.0. The van der Waals surface area contributed by atoms with Crippen LogP contribution in [0.3, 0.4) is 0 Å². The Balaban J connectivity index is 1.48. The number of fused-ring (bicyclic) bond motifs is 2. The maximum atomic E-state index is 13.1. The number of benzene rings is 3. The molecule has 0 saturated heterocycles. The zero-order valence-corrected chi connectivity index (χ0v) is 20.8.